The standard InChI is InChI=1S/C8H15NO3/c1-12-8(11)7(10)6(9)5-3-2-4-5/h5-7,10H,2-4,9H2,1H3. The summed E-state index contributed by atoms with van der Waals surface area (Å²) in [6, 6.07) is -0.453. The number of carbonyl (C=O) groups is 1. The summed E-state index contributed by atoms with van der Waals surface area (Å²) in [5.74, 6) is -0.339. The molecule has 1 aliphatic carbocycles. The van der Waals surface area contributed by atoms with Gasteiger partial charge in [0.1, 0.15) is 0 Å². The van der Waals surface area contributed by atoms with Crippen LogP contribution in [0, 0.1) is 5.92 Å². The third-order valence-electron chi connectivity index (χ3n) is 2.50. The average molecular weight is 173 g/mol. The van der Waals surface area contributed by atoms with Crippen molar-refractivity contribution in [3.8, 4) is 0 Å². The molecule has 0 bridgehead atoms. The number of methoxy groups -OCH3 is 1. The highest BCUT2D eigenvalue weighted by Gasteiger charge is 2.33. The maximum absolute atomic E-state index is 10.8. The molecule has 0 saturated heterocycles. The van der Waals surface area contributed by atoms with Crippen molar-refractivity contribution in [1.29, 1.82) is 0 Å². The number of esters is 1. The van der Waals surface area contributed by atoms with Crippen molar-refractivity contribution in [2.45, 2.75) is 31.4 Å². The molecular formula is C8H15NO3. The molecule has 3 N–H and O–H groups in total. The molecule has 4 heteroatoms. The van der Waals surface area contributed by atoms with Gasteiger partial charge in [-0.15, -0.1) is 0 Å². The summed E-state index contributed by atoms with van der Waals surface area (Å²) >= 11 is 0. The maximum atomic E-state index is 10.8. The van der Waals surface area contributed by atoms with E-state index in [2.05, 4.69) is 4.74 Å². The van der Waals surface area contributed by atoms with Gasteiger partial charge in [0.15, 0.2) is 6.10 Å². The van der Waals surface area contributed by atoms with Crippen LogP contribution in [0.3, 0.4) is 0 Å². The second-order valence-corrected chi connectivity index (χ2v) is 3.24. The molecule has 0 spiro atoms. The minimum absolute atomic E-state index is 0.291. The molecule has 1 fully saturated rings. The van der Waals surface area contributed by atoms with Gasteiger partial charge in [-0.25, -0.2) is 4.79 Å². The molecule has 0 aromatic rings. The van der Waals surface area contributed by atoms with Crippen molar-refractivity contribution in [1.82, 2.24) is 0 Å². The fourth-order valence-electron chi connectivity index (χ4n) is 1.36. The number of hydrogen-bond donors (Lipinski definition) is 2. The Kier molecular flexibility index (Phi) is 3.05. The molecular weight excluding hydrogens is 158 g/mol. The Balaban J connectivity index is 2.39. The molecule has 0 aliphatic heterocycles. The van der Waals surface area contributed by atoms with Gasteiger partial charge in [-0.05, 0) is 18.8 Å². The molecule has 12 heavy (non-hydrogen) atoms. The van der Waals surface area contributed by atoms with Crippen molar-refractivity contribution in [2.24, 2.45) is 11.7 Å². The molecule has 1 aliphatic rings. The van der Waals surface area contributed by atoms with Crippen LogP contribution in [0.4, 0.5) is 0 Å². The molecule has 0 aromatic carbocycles. The SMILES string of the molecule is COC(=O)C(O)C(N)C1CCC1. The average Bonchev–Trinajstić information content (AvgIpc) is 1.98. The molecule has 0 amide bonds. The van der Waals surface area contributed by atoms with E-state index in [0.717, 1.165) is 19.3 Å². The summed E-state index contributed by atoms with van der Waals surface area (Å²) in [7, 11) is 1.25. The van der Waals surface area contributed by atoms with Crippen molar-refractivity contribution < 1.29 is 14.6 Å². The zero-order valence-electron chi connectivity index (χ0n) is 7.19. The molecule has 0 aromatic heterocycles. The van der Waals surface area contributed by atoms with Crippen LogP contribution in [-0.2, 0) is 9.53 Å². The lowest BCUT2D eigenvalue weighted by Gasteiger charge is -2.32. The summed E-state index contributed by atoms with van der Waals surface area (Å²) in [6.45, 7) is 0. The van der Waals surface area contributed by atoms with E-state index >= 15 is 0 Å². The number of hydrogen-bond acceptors (Lipinski definition) is 4. The highest BCUT2D eigenvalue weighted by molar-refractivity contribution is 5.75. The van der Waals surface area contributed by atoms with Crippen LogP contribution >= 0.6 is 0 Å². The summed E-state index contributed by atoms with van der Waals surface area (Å²) in [5.41, 5.74) is 5.65. The first-order chi connectivity index (χ1) is 5.66. The number of nitrogens with two attached hydrogens (primary N) is 1. The third kappa shape index (κ3) is 1.76. The Hall–Kier alpha value is -0.610. The summed E-state index contributed by atoms with van der Waals surface area (Å²) in [5, 5.41) is 9.32. The number of rotatable bonds is 3. The lowest BCUT2D eigenvalue weighted by molar-refractivity contribution is -0.152. The van der Waals surface area contributed by atoms with E-state index in [1.807, 2.05) is 0 Å². The van der Waals surface area contributed by atoms with Crippen molar-refractivity contribution in [3.05, 3.63) is 0 Å². The van der Waals surface area contributed by atoms with E-state index in [9.17, 15) is 9.90 Å². The van der Waals surface area contributed by atoms with Gasteiger partial charge in [-0.1, -0.05) is 6.42 Å². The topological polar surface area (TPSA) is 72.5 Å². The van der Waals surface area contributed by atoms with Gasteiger partial charge in [-0.3, -0.25) is 0 Å². The van der Waals surface area contributed by atoms with E-state index in [0.29, 0.717) is 5.92 Å². The minimum Gasteiger partial charge on any atom is -0.467 e. The van der Waals surface area contributed by atoms with Crippen LogP contribution in [0.5, 0.6) is 0 Å². The smallest absolute Gasteiger partial charge is 0.336 e. The van der Waals surface area contributed by atoms with Crippen molar-refractivity contribution in [3.63, 3.8) is 0 Å². The predicted molar refractivity (Wildman–Crippen MR) is 43.3 cm³/mol. The minimum atomic E-state index is -1.15. The molecule has 1 saturated carbocycles. The first-order valence-corrected chi connectivity index (χ1v) is 4.18. The normalized spacial score (nSPS) is 22.6. The third-order valence-corrected chi connectivity index (χ3v) is 2.50. The van der Waals surface area contributed by atoms with E-state index in [-0.39, 0.29) is 0 Å². The van der Waals surface area contributed by atoms with Gasteiger partial charge in [0.25, 0.3) is 0 Å². The highest BCUT2D eigenvalue weighted by Crippen LogP contribution is 2.29. The quantitative estimate of drug-likeness (QED) is 0.572. The zero-order valence-corrected chi connectivity index (χ0v) is 7.19. The van der Waals surface area contributed by atoms with Crippen LogP contribution in [0.25, 0.3) is 0 Å². The second kappa shape index (κ2) is 3.87. The van der Waals surface area contributed by atoms with Gasteiger partial charge < -0.3 is 15.6 Å². The van der Waals surface area contributed by atoms with Gasteiger partial charge in [0.2, 0.25) is 0 Å². The van der Waals surface area contributed by atoms with Gasteiger partial charge in [-0.2, -0.15) is 0 Å². The van der Waals surface area contributed by atoms with Crippen molar-refractivity contribution in [2.75, 3.05) is 7.11 Å². The van der Waals surface area contributed by atoms with E-state index in [4.69, 9.17) is 5.73 Å². The molecule has 4 nitrogen and oxygen atoms in total. The lowest BCUT2D eigenvalue weighted by atomic mass is 9.78. The predicted octanol–water partition coefficient (Wildman–Crippen LogP) is -0.352. The molecule has 70 valence electrons. The Bertz CT molecular complexity index is 168. The maximum Gasteiger partial charge on any atom is 0.336 e. The summed E-state index contributed by atoms with van der Waals surface area (Å²) < 4.78 is 4.38. The van der Waals surface area contributed by atoms with Crippen LogP contribution < -0.4 is 5.73 Å². The molecule has 0 heterocycles. The molecule has 0 radical (unpaired) electrons. The highest BCUT2D eigenvalue weighted by atomic mass is 16.5. The zero-order chi connectivity index (χ0) is 9.14. The number of carbonyl (C=O) groups excluding carboxylic acids is 1. The number of aliphatic hydroxyl groups excluding tert-OH is 1. The van der Waals surface area contributed by atoms with Crippen LogP contribution in [-0.4, -0.2) is 30.3 Å². The Morgan fingerprint density at radius 3 is 2.58 bits per heavy atom. The van der Waals surface area contributed by atoms with Crippen LogP contribution in [0.2, 0.25) is 0 Å². The van der Waals surface area contributed by atoms with Gasteiger partial charge >= 0.3 is 5.97 Å². The van der Waals surface area contributed by atoms with Crippen LogP contribution in [0.15, 0.2) is 0 Å². The molecule has 2 atom stereocenters. The lowest BCUT2D eigenvalue weighted by Crippen LogP contribution is -2.48. The first kappa shape index (κ1) is 9.48. The fourth-order valence-corrected chi connectivity index (χ4v) is 1.36. The van der Waals surface area contributed by atoms with E-state index in [1.165, 1.54) is 7.11 Å². The fraction of sp³-hybridized carbons (Fsp3) is 0.875. The molecule has 2 unspecified atom stereocenters. The number of aliphatic hydroxyl groups is 1. The van der Waals surface area contributed by atoms with Gasteiger partial charge in [0, 0.05) is 6.04 Å². The summed E-state index contributed by atoms with van der Waals surface area (Å²) in [6.07, 6.45) is 2.01. The van der Waals surface area contributed by atoms with Crippen LogP contribution in [0.1, 0.15) is 19.3 Å². The molecule has 1 rings (SSSR count). The first-order valence-electron chi connectivity index (χ1n) is 4.18. The van der Waals surface area contributed by atoms with E-state index in [1.54, 1.807) is 0 Å². The Labute approximate surface area is 71.7 Å². The van der Waals surface area contributed by atoms with Gasteiger partial charge in [0.05, 0.1) is 7.11 Å². The largest absolute Gasteiger partial charge is 0.467 e. The number of ether oxygens (including phenoxy) is 1. The second-order valence-electron chi connectivity index (χ2n) is 3.24. The summed E-state index contributed by atoms with van der Waals surface area (Å²) in [4.78, 5) is 10.8. The Morgan fingerprint density at radius 2 is 2.25 bits per heavy atom. The van der Waals surface area contributed by atoms with Crippen molar-refractivity contribution >= 4 is 5.97 Å². The monoisotopic (exact) mass is 173 g/mol. The van der Waals surface area contributed by atoms with E-state index < -0.39 is 18.1 Å². The Morgan fingerprint density at radius 1 is 1.67 bits per heavy atom.